The third-order valence-corrected chi connectivity index (χ3v) is 5.76. The first-order chi connectivity index (χ1) is 13.5. The molecule has 1 atom stereocenters. The van der Waals surface area contributed by atoms with Crippen LogP contribution in [0.15, 0.2) is 42.5 Å². The molecule has 2 aromatic rings. The Labute approximate surface area is 168 Å². The summed E-state index contributed by atoms with van der Waals surface area (Å²) in [4.78, 5) is 17.3. The molecule has 1 fully saturated rings. The molecule has 1 N–H and O–H groups in total. The summed E-state index contributed by atoms with van der Waals surface area (Å²) in [6.07, 6.45) is 0. The SMILES string of the molecule is COc1cccc(CNC(=O)C(C)N2CCN(c3cccc(C)c3C)CC2)c1. The van der Waals surface area contributed by atoms with Gasteiger partial charge in [-0.05, 0) is 55.7 Å². The molecular formula is C23H31N3O2. The first-order valence-electron chi connectivity index (χ1n) is 9.95. The number of aryl methyl sites for hydroxylation is 1. The van der Waals surface area contributed by atoms with E-state index in [1.807, 2.05) is 31.2 Å². The lowest BCUT2D eigenvalue weighted by molar-refractivity contribution is -0.126. The molecule has 1 unspecified atom stereocenters. The summed E-state index contributed by atoms with van der Waals surface area (Å²) >= 11 is 0. The highest BCUT2D eigenvalue weighted by Gasteiger charge is 2.26. The van der Waals surface area contributed by atoms with Crippen molar-refractivity contribution in [2.45, 2.75) is 33.4 Å². The number of nitrogens with zero attached hydrogens (tertiary/aromatic N) is 2. The van der Waals surface area contributed by atoms with Gasteiger partial charge in [0.25, 0.3) is 0 Å². The summed E-state index contributed by atoms with van der Waals surface area (Å²) in [5.41, 5.74) is 5.03. The van der Waals surface area contributed by atoms with E-state index < -0.39 is 0 Å². The Hall–Kier alpha value is -2.53. The first-order valence-corrected chi connectivity index (χ1v) is 9.95. The van der Waals surface area contributed by atoms with Gasteiger partial charge in [0, 0.05) is 38.4 Å². The fourth-order valence-electron chi connectivity index (χ4n) is 3.71. The third-order valence-electron chi connectivity index (χ3n) is 5.76. The van der Waals surface area contributed by atoms with E-state index in [2.05, 4.69) is 47.2 Å². The van der Waals surface area contributed by atoms with E-state index in [1.54, 1.807) is 7.11 Å². The van der Waals surface area contributed by atoms with E-state index in [0.29, 0.717) is 6.54 Å². The Bertz CT molecular complexity index is 813. The number of rotatable bonds is 6. The van der Waals surface area contributed by atoms with Crippen LogP contribution in [0.5, 0.6) is 5.75 Å². The molecule has 5 heteroatoms. The molecule has 2 aromatic carbocycles. The van der Waals surface area contributed by atoms with Crippen LogP contribution in [0.3, 0.4) is 0 Å². The van der Waals surface area contributed by atoms with Gasteiger partial charge in [0.05, 0.1) is 13.2 Å². The Kier molecular flexibility index (Phi) is 6.57. The normalized spacial score (nSPS) is 15.9. The van der Waals surface area contributed by atoms with Gasteiger partial charge in [0.15, 0.2) is 0 Å². The molecule has 0 bridgehead atoms. The molecular weight excluding hydrogens is 350 g/mol. The monoisotopic (exact) mass is 381 g/mol. The molecule has 0 spiro atoms. The van der Waals surface area contributed by atoms with Crippen molar-refractivity contribution in [3.63, 3.8) is 0 Å². The molecule has 0 radical (unpaired) electrons. The topological polar surface area (TPSA) is 44.8 Å². The summed E-state index contributed by atoms with van der Waals surface area (Å²) < 4.78 is 5.24. The molecule has 0 aliphatic carbocycles. The van der Waals surface area contributed by atoms with E-state index >= 15 is 0 Å². The van der Waals surface area contributed by atoms with Crippen LogP contribution < -0.4 is 15.0 Å². The maximum Gasteiger partial charge on any atom is 0.237 e. The van der Waals surface area contributed by atoms with Gasteiger partial charge >= 0.3 is 0 Å². The number of carbonyl (C=O) groups excluding carboxylic acids is 1. The van der Waals surface area contributed by atoms with Gasteiger partial charge in [0.2, 0.25) is 5.91 Å². The lowest BCUT2D eigenvalue weighted by atomic mass is 10.1. The average molecular weight is 382 g/mol. The zero-order valence-corrected chi connectivity index (χ0v) is 17.4. The highest BCUT2D eigenvalue weighted by Crippen LogP contribution is 2.24. The zero-order chi connectivity index (χ0) is 20.1. The largest absolute Gasteiger partial charge is 0.497 e. The second kappa shape index (κ2) is 9.11. The van der Waals surface area contributed by atoms with Gasteiger partial charge < -0.3 is 15.0 Å². The molecule has 0 saturated carbocycles. The predicted molar refractivity (Wildman–Crippen MR) is 114 cm³/mol. The van der Waals surface area contributed by atoms with E-state index in [1.165, 1.54) is 16.8 Å². The number of benzene rings is 2. The third kappa shape index (κ3) is 4.65. The van der Waals surface area contributed by atoms with Gasteiger partial charge in [-0.25, -0.2) is 0 Å². The number of carbonyl (C=O) groups is 1. The Morgan fingerprint density at radius 2 is 1.82 bits per heavy atom. The van der Waals surface area contributed by atoms with Crippen LogP contribution in [0.1, 0.15) is 23.6 Å². The fourth-order valence-corrected chi connectivity index (χ4v) is 3.71. The van der Waals surface area contributed by atoms with Crippen molar-refractivity contribution in [3.8, 4) is 5.75 Å². The summed E-state index contributed by atoms with van der Waals surface area (Å²) in [5, 5.41) is 3.06. The quantitative estimate of drug-likeness (QED) is 0.835. The molecule has 0 aromatic heterocycles. The molecule has 1 saturated heterocycles. The van der Waals surface area contributed by atoms with Gasteiger partial charge in [0.1, 0.15) is 5.75 Å². The zero-order valence-electron chi connectivity index (χ0n) is 17.4. The highest BCUT2D eigenvalue weighted by atomic mass is 16.5. The molecule has 3 rings (SSSR count). The predicted octanol–water partition coefficient (Wildman–Crippen LogP) is 3.14. The van der Waals surface area contributed by atoms with Crippen molar-refractivity contribution in [1.29, 1.82) is 0 Å². The van der Waals surface area contributed by atoms with Crippen molar-refractivity contribution in [2.24, 2.45) is 0 Å². The number of nitrogens with one attached hydrogen (secondary N) is 1. The highest BCUT2D eigenvalue weighted by molar-refractivity contribution is 5.81. The second-order valence-corrected chi connectivity index (χ2v) is 7.49. The van der Waals surface area contributed by atoms with Gasteiger partial charge in [-0.2, -0.15) is 0 Å². The number of piperazine rings is 1. The van der Waals surface area contributed by atoms with Crippen LogP contribution in [-0.2, 0) is 11.3 Å². The standard InChI is InChI=1S/C23H31N3O2/c1-17-7-5-10-22(18(17)2)26-13-11-25(12-14-26)19(3)23(27)24-16-20-8-6-9-21(15-20)28-4/h5-10,15,19H,11-14,16H2,1-4H3,(H,24,27). The molecule has 5 nitrogen and oxygen atoms in total. The molecule has 150 valence electrons. The molecule has 1 heterocycles. The molecule has 1 amide bonds. The first kappa shape index (κ1) is 20.2. The van der Waals surface area contributed by atoms with Crippen molar-refractivity contribution in [2.75, 3.05) is 38.2 Å². The summed E-state index contributed by atoms with van der Waals surface area (Å²) in [7, 11) is 1.65. The smallest absolute Gasteiger partial charge is 0.237 e. The lowest BCUT2D eigenvalue weighted by Crippen LogP contribution is -2.54. The minimum atomic E-state index is -0.133. The van der Waals surface area contributed by atoms with Crippen molar-refractivity contribution in [3.05, 3.63) is 59.2 Å². The molecule has 1 aliphatic heterocycles. The number of hydrogen-bond donors (Lipinski definition) is 1. The van der Waals surface area contributed by atoms with E-state index in [0.717, 1.165) is 37.5 Å². The fraction of sp³-hybridized carbons (Fsp3) is 0.435. The maximum atomic E-state index is 12.6. The van der Waals surface area contributed by atoms with Gasteiger partial charge in [-0.15, -0.1) is 0 Å². The number of anilines is 1. The van der Waals surface area contributed by atoms with Crippen molar-refractivity contribution in [1.82, 2.24) is 10.2 Å². The Morgan fingerprint density at radius 1 is 1.11 bits per heavy atom. The minimum absolute atomic E-state index is 0.0722. The van der Waals surface area contributed by atoms with E-state index in [-0.39, 0.29) is 11.9 Å². The van der Waals surface area contributed by atoms with Crippen molar-refractivity contribution < 1.29 is 9.53 Å². The van der Waals surface area contributed by atoms with Crippen LogP contribution in [0.2, 0.25) is 0 Å². The van der Waals surface area contributed by atoms with E-state index in [9.17, 15) is 4.79 Å². The Morgan fingerprint density at radius 3 is 2.54 bits per heavy atom. The van der Waals surface area contributed by atoms with Gasteiger partial charge in [-0.1, -0.05) is 24.3 Å². The summed E-state index contributed by atoms with van der Waals surface area (Å²) in [5.74, 6) is 0.880. The molecule has 1 aliphatic rings. The maximum absolute atomic E-state index is 12.6. The number of ether oxygens (including phenoxy) is 1. The van der Waals surface area contributed by atoms with Crippen LogP contribution in [0.4, 0.5) is 5.69 Å². The Balaban J connectivity index is 1.52. The minimum Gasteiger partial charge on any atom is -0.497 e. The van der Waals surface area contributed by atoms with Crippen LogP contribution >= 0.6 is 0 Å². The lowest BCUT2D eigenvalue weighted by Gasteiger charge is -2.39. The van der Waals surface area contributed by atoms with E-state index in [4.69, 9.17) is 4.74 Å². The second-order valence-electron chi connectivity index (χ2n) is 7.49. The number of amides is 1. The van der Waals surface area contributed by atoms with Crippen LogP contribution in [-0.4, -0.2) is 50.1 Å². The summed E-state index contributed by atoms with van der Waals surface area (Å²) in [6, 6.07) is 14.1. The number of hydrogen-bond acceptors (Lipinski definition) is 4. The van der Waals surface area contributed by atoms with Gasteiger partial charge in [-0.3, -0.25) is 9.69 Å². The average Bonchev–Trinajstić information content (AvgIpc) is 2.73. The summed E-state index contributed by atoms with van der Waals surface area (Å²) in [6.45, 7) is 10.5. The molecule has 28 heavy (non-hydrogen) atoms. The van der Waals surface area contributed by atoms with Crippen LogP contribution in [0.25, 0.3) is 0 Å². The van der Waals surface area contributed by atoms with Crippen molar-refractivity contribution >= 4 is 11.6 Å². The number of methoxy groups -OCH3 is 1. The van der Waals surface area contributed by atoms with Crippen LogP contribution in [0, 0.1) is 13.8 Å².